The molecule has 13 heavy (non-hydrogen) atoms. The molecule has 2 aromatic heterocycles. The second-order valence-corrected chi connectivity index (χ2v) is 2.94. The number of rotatable bonds is 2. The minimum atomic E-state index is 0.466. The van der Waals surface area contributed by atoms with Gasteiger partial charge in [-0.25, -0.2) is 9.50 Å². The van der Waals surface area contributed by atoms with Gasteiger partial charge in [-0.1, -0.05) is 17.7 Å². The van der Waals surface area contributed by atoms with Crippen molar-refractivity contribution in [3.8, 4) is 0 Å². The van der Waals surface area contributed by atoms with Crippen LogP contribution in [-0.2, 0) is 6.42 Å². The fourth-order valence-electron chi connectivity index (χ4n) is 1.08. The summed E-state index contributed by atoms with van der Waals surface area (Å²) in [6.45, 7) is 3.63. The topological polar surface area (TPSA) is 30.2 Å². The standard InChI is InChI=1S/C9H7ClN3/c1-2-3-7-6-13-8(4-5-11-13)12-9(7)10/h2,4-5H,1,3H2. The van der Waals surface area contributed by atoms with Gasteiger partial charge in [0.2, 0.25) is 0 Å². The van der Waals surface area contributed by atoms with Crippen molar-refractivity contribution in [1.82, 2.24) is 14.6 Å². The van der Waals surface area contributed by atoms with Crippen molar-refractivity contribution in [1.29, 1.82) is 0 Å². The van der Waals surface area contributed by atoms with E-state index >= 15 is 0 Å². The lowest BCUT2D eigenvalue weighted by atomic mass is 10.2. The number of allylic oxidation sites excluding steroid dienone is 1. The normalized spacial score (nSPS) is 10.5. The molecule has 0 aliphatic rings. The molecule has 0 saturated carbocycles. The molecule has 0 fully saturated rings. The van der Waals surface area contributed by atoms with Gasteiger partial charge in [0.25, 0.3) is 0 Å². The summed E-state index contributed by atoms with van der Waals surface area (Å²) in [6, 6.07) is 1.78. The predicted molar refractivity (Wildman–Crippen MR) is 50.7 cm³/mol. The molecule has 0 atom stereocenters. The van der Waals surface area contributed by atoms with Crippen LogP contribution in [-0.4, -0.2) is 14.6 Å². The average Bonchev–Trinajstić information content (AvgIpc) is 2.52. The van der Waals surface area contributed by atoms with Crippen molar-refractivity contribution in [2.24, 2.45) is 0 Å². The van der Waals surface area contributed by atoms with Gasteiger partial charge >= 0.3 is 0 Å². The average molecular weight is 193 g/mol. The van der Waals surface area contributed by atoms with Crippen molar-refractivity contribution in [2.45, 2.75) is 6.42 Å². The first-order valence-corrected chi connectivity index (χ1v) is 4.21. The molecule has 2 aromatic rings. The van der Waals surface area contributed by atoms with Gasteiger partial charge in [-0.2, -0.15) is 5.10 Å². The first-order valence-electron chi connectivity index (χ1n) is 3.83. The Hall–Kier alpha value is -1.35. The molecular formula is C9H7ClN3. The maximum Gasteiger partial charge on any atom is 0.157 e. The third-order valence-electron chi connectivity index (χ3n) is 1.67. The first-order chi connectivity index (χ1) is 6.31. The fraction of sp³-hybridized carbons (Fsp3) is 0.111. The Kier molecular flexibility index (Phi) is 2.02. The van der Waals surface area contributed by atoms with Crippen molar-refractivity contribution in [3.63, 3.8) is 0 Å². The van der Waals surface area contributed by atoms with Crippen LogP contribution in [0.3, 0.4) is 0 Å². The summed E-state index contributed by atoms with van der Waals surface area (Å²) < 4.78 is 1.57. The highest BCUT2D eigenvalue weighted by Crippen LogP contribution is 2.14. The Balaban J connectivity index is 2.62. The quantitative estimate of drug-likeness (QED) is 0.538. The molecule has 0 aliphatic heterocycles. The van der Waals surface area contributed by atoms with Gasteiger partial charge in [-0.15, -0.1) is 6.58 Å². The predicted octanol–water partition coefficient (Wildman–Crippen LogP) is 1.91. The minimum Gasteiger partial charge on any atom is -0.217 e. The van der Waals surface area contributed by atoms with Crippen LogP contribution in [0, 0.1) is 6.20 Å². The van der Waals surface area contributed by atoms with E-state index in [2.05, 4.69) is 22.9 Å². The highest BCUT2D eigenvalue weighted by atomic mass is 35.5. The van der Waals surface area contributed by atoms with Crippen molar-refractivity contribution < 1.29 is 0 Å². The Labute approximate surface area is 80.7 Å². The van der Waals surface area contributed by atoms with E-state index in [1.807, 2.05) is 0 Å². The summed E-state index contributed by atoms with van der Waals surface area (Å²) >= 11 is 5.91. The van der Waals surface area contributed by atoms with Gasteiger partial charge in [-0.05, 0) is 6.42 Å². The molecule has 4 heteroatoms. The minimum absolute atomic E-state index is 0.466. The summed E-state index contributed by atoms with van der Waals surface area (Å²) in [5.74, 6) is 0. The van der Waals surface area contributed by atoms with Crippen LogP contribution < -0.4 is 0 Å². The molecule has 3 nitrogen and oxygen atoms in total. The first kappa shape index (κ1) is 8.26. The number of fused-ring (bicyclic) bond motifs is 1. The van der Waals surface area contributed by atoms with Gasteiger partial charge in [-0.3, -0.25) is 0 Å². The van der Waals surface area contributed by atoms with E-state index in [0.717, 1.165) is 5.56 Å². The molecule has 0 amide bonds. The Morgan fingerprint density at radius 3 is 3.31 bits per heavy atom. The number of halogens is 1. The molecule has 0 aliphatic carbocycles. The van der Waals surface area contributed by atoms with Crippen LogP contribution in [0.1, 0.15) is 5.56 Å². The summed E-state index contributed by atoms with van der Waals surface area (Å²) in [7, 11) is 0. The molecule has 0 spiro atoms. The van der Waals surface area contributed by atoms with Crippen LogP contribution in [0.4, 0.5) is 0 Å². The lowest BCUT2D eigenvalue weighted by Gasteiger charge is -1.99. The van der Waals surface area contributed by atoms with Crippen LogP contribution in [0.25, 0.3) is 5.65 Å². The van der Waals surface area contributed by atoms with Crippen LogP contribution in [0.5, 0.6) is 0 Å². The molecular weight excluding hydrogens is 186 g/mol. The lowest BCUT2D eigenvalue weighted by molar-refractivity contribution is 0.911. The molecule has 1 radical (unpaired) electrons. The monoisotopic (exact) mass is 192 g/mol. The fourth-order valence-corrected chi connectivity index (χ4v) is 1.29. The zero-order valence-corrected chi connectivity index (χ0v) is 7.62. The van der Waals surface area contributed by atoms with E-state index in [4.69, 9.17) is 11.6 Å². The Morgan fingerprint density at radius 2 is 2.54 bits per heavy atom. The second-order valence-electron chi connectivity index (χ2n) is 2.59. The number of hydrogen-bond donors (Lipinski definition) is 0. The molecule has 2 heterocycles. The lowest BCUT2D eigenvalue weighted by Crippen LogP contribution is -1.96. The van der Waals surface area contributed by atoms with E-state index in [1.165, 1.54) is 0 Å². The van der Waals surface area contributed by atoms with Crippen LogP contribution in [0.15, 0.2) is 24.9 Å². The van der Waals surface area contributed by atoms with Crippen LogP contribution >= 0.6 is 11.6 Å². The van der Waals surface area contributed by atoms with Gasteiger partial charge in [0.1, 0.15) is 5.15 Å². The van der Waals surface area contributed by atoms with E-state index < -0.39 is 0 Å². The number of aromatic nitrogens is 3. The van der Waals surface area contributed by atoms with Gasteiger partial charge in [0.15, 0.2) is 5.65 Å². The van der Waals surface area contributed by atoms with E-state index in [1.54, 1.807) is 22.9 Å². The molecule has 0 saturated heterocycles. The van der Waals surface area contributed by atoms with E-state index in [-0.39, 0.29) is 0 Å². The SMILES string of the molecule is C=CCc1[c]n2nccc2nc1Cl. The largest absolute Gasteiger partial charge is 0.217 e. The van der Waals surface area contributed by atoms with Crippen molar-refractivity contribution in [2.75, 3.05) is 0 Å². The second kappa shape index (κ2) is 3.18. The maximum absolute atomic E-state index is 5.91. The summed E-state index contributed by atoms with van der Waals surface area (Å²) in [5, 5.41) is 4.47. The Morgan fingerprint density at radius 1 is 1.69 bits per heavy atom. The molecule has 65 valence electrons. The van der Waals surface area contributed by atoms with Gasteiger partial charge in [0.05, 0.1) is 12.4 Å². The molecule has 2 rings (SSSR count). The number of hydrogen-bond acceptors (Lipinski definition) is 2. The summed E-state index contributed by atoms with van der Waals surface area (Å²) in [5.41, 5.74) is 1.52. The number of nitrogens with zero attached hydrogens (tertiary/aromatic N) is 3. The summed E-state index contributed by atoms with van der Waals surface area (Å²) in [6.07, 6.45) is 7.09. The third-order valence-corrected chi connectivity index (χ3v) is 1.99. The van der Waals surface area contributed by atoms with Crippen LogP contribution in [0.2, 0.25) is 5.15 Å². The van der Waals surface area contributed by atoms with E-state index in [0.29, 0.717) is 17.2 Å². The smallest absolute Gasteiger partial charge is 0.157 e. The third kappa shape index (κ3) is 1.42. The molecule has 0 N–H and O–H groups in total. The highest BCUT2D eigenvalue weighted by molar-refractivity contribution is 6.30. The van der Waals surface area contributed by atoms with Gasteiger partial charge < -0.3 is 0 Å². The molecule has 0 bridgehead atoms. The highest BCUT2D eigenvalue weighted by Gasteiger charge is 2.03. The van der Waals surface area contributed by atoms with E-state index in [9.17, 15) is 0 Å². The zero-order chi connectivity index (χ0) is 9.26. The molecule has 0 unspecified atom stereocenters. The van der Waals surface area contributed by atoms with Crippen molar-refractivity contribution in [3.05, 3.63) is 41.8 Å². The van der Waals surface area contributed by atoms with Crippen molar-refractivity contribution >= 4 is 17.2 Å². The maximum atomic E-state index is 5.91. The molecule has 0 aromatic carbocycles. The van der Waals surface area contributed by atoms with Gasteiger partial charge in [0, 0.05) is 11.6 Å². The Bertz CT molecular complexity index is 447. The summed E-state index contributed by atoms with van der Waals surface area (Å²) in [4.78, 5) is 4.14. The zero-order valence-electron chi connectivity index (χ0n) is 6.87.